The average Bonchev–Trinajstić information content (AvgIpc) is 3.12. The van der Waals surface area contributed by atoms with Gasteiger partial charge in [-0.05, 0) is 56.7 Å². The van der Waals surface area contributed by atoms with E-state index in [2.05, 4.69) is 0 Å². The summed E-state index contributed by atoms with van der Waals surface area (Å²) in [6.45, 7) is 5.35. The maximum absolute atomic E-state index is 14.8. The lowest BCUT2D eigenvalue weighted by Gasteiger charge is -2.19. The van der Waals surface area contributed by atoms with Crippen LogP contribution in [0.2, 0.25) is 0 Å². The van der Waals surface area contributed by atoms with Gasteiger partial charge < -0.3 is 0 Å². The third kappa shape index (κ3) is 2.44. The van der Waals surface area contributed by atoms with E-state index in [1.54, 1.807) is 50.2 Å². The molecule has 3 aliphatic heterocycles. The Balaban J connectivity index is 1.48. The van der Waals surface area contributed by atoms with Crippen molar-refractivity contribution in [1.29, 1.82) is 0 Å². The van der Waals surface area contributed by atoms with Crippen molar-refractivity contribution in [3.63, 3.8) is 0 Å². The van der Waals surface area contributed by atoms with Gasteiger partial charge in [0, 0.05) is 0 Å². The van der Waals surface area contributed by atoms with Crippen molar-refractivity contribution in [2.75, 3.05) is 15.0 Å². The van der Waals surface area contributed by atoms with Gasteiger partial charge in [0.25, 0.3) is 17.7 Å². The molecular formula is C31H26N6O3. The molecule has 9 nitrogen and oxygen atoms in total. The van der Waals surface area contributed by atoms with Crippen LogP contribution in [0.1, 0.15) is 27.2 Å². The molecule has 0 radical (unpaired) electrons. The SMILES string of the molecule is CCC1=NN(c2ccccc2)C(=O)C12[C@@]1(C(=O)N(c3ccccc3)N=C1C)[C@]21C(=O)N(c2ccccc2)N=C1C. The molecule has 0 bridgehead atoms. The van der Waals surface area contributed by atoms with Gasteiger partial charge in [0.2, 0.25) is 0 Å². The first kappa shape index (κ1) is 24.1. The van der Waals surface area contributed by atoms with E-state index in [4.69, 9.17) is 15.3 Å². The standard InChI is InChI=1S/C31H26N6O3/c1-4-25-31(28(40)37(34-25)24-18-12-7-13-19-24)29(20(2)32-35(26(29)38)22-14-8-5-9-15-22)30(31)21(3)33-36(27(30)39)23-16-10-6-11-17-23/h5-19H,4H2,1-3H3/t29-,30-/m0/s1. The monoisotopic (exact) mass is 530 g/mol. The van der Waals surface area contributed by atoms with Crippen LogP contribution < -0.4 is 15.0 Å². The smallest absolute Gasteiger partial charge is 0.262 e. The Kier molecular flexibility index (Phi) is 4.86. The van der Waals surface area contributed by atoms with E-state index in [1.165, 1.54) is 15.0 Å². The number of carbonyl (C=O) groups excluding carboxylic acids is 3. The van der Waals surface area contributed by atoms with Crippen molar-refractivity contribution >= 4 is 51.9 Å². The van der Waals surface area contributed by atoms with Gasteiger partial charge in [0.05, 0.1) is 34.2 Å². The molecule has 4 aliphatic rings. The maximum Gasteiger partial charge on any atom is 0.262 e. The van der Waals surface area contributed by atoms with Crippen molar-refractivity contribution in [3.8, 4) is 0 Å². The highest BCUT2D eigenvalue weighted by Gasteiger charge is 3.04. The summed E-state index contributed by atoms with van der Waals surface area (Å²) in [6.07, 6.45) is 0.358. The van der Waals surface area contributed by atoms with E-state index >= 15 is 0 Å². The minimum Gasteiger partial charge on any atom is -0.271 e. The molecule has 1 saturated carbocycles. The Morgan fingerprint density at radius 2 is 0.850 bits per heavy atom. The molecule has 7 rings (SSSR count). The van der Waals surface area contributed by atoms with Gasteiger partial charge in [-0.25, -0.2) is 0 Å². The molecule has 0 N–H and O–H groups in total. The van der Waals surface area contributed by atoms with Crippen LogP contribution in [-0.4, -0.2) is 34.9 Å². The van der Waals surface area contributed by atoms with E-state index in [9.17, 15) is 14.4 Å². The molecule has 40 heavy (non-hydrogen) atoms. The molecule has 1 fully saturated rings. The Labute approximate surface area is 231 Å². The number of benzene rings is 3. The second-order valence-corrected chi connectivity index (χ2v) is 10.4. The largest absolute Gasteiger partial charge is 0.271 e. The van der Waals surface area contributed by atoms with Crippen molar-refractivity contribution < 1.29 is 14.4 Å². The van der Waals surface area contributed by atoms with E-state index < -0.39 is 34.0 Å². The summed E-state index contributed by atoms with van der Waals surface area (Å²) in [5, 5.41) is 18.2. The minimum atomic E-state index is -1.61. The van der Waals surface area contributed by atoms with Gasteiger partial charge in [0.1, 0.15) is 16.2 Å². The highest BCUT2D eigenvalue weighted by atomic mass is 16.2. The van der Waals surface area contributed by atoms with E-state index in [-0.39, 0.29) is 0 Å². The summed E-state index contributed by atoms with van der Waals surface area (Å²) in [4.78, 5) is 44.3. The summed E-state index contributed by atoms with van der Waals surface area (Å²) >= 11 is 0. The lowest BCUT2D eigenvalue weighted by molar-refractivity contribution is -0.126. The third-order valence-corrected chi connectivity index (χ3v) is 8.74. The summed E-state index contributed by atoms with van der Waals surface area (Å²) in [7, 11) is 0. The van der Waals surface area contributed by atoms with E-state index in [0.717, 1.165) is 0 Å². The summed E-state index contributed by atoms with van der Waals surface area (Å²) in [5.74, 6) is -1.29. The van der Waals surface area contributed by atoms with Crippen LogP contribution in [0, 0.1) is 16.2 Å². The van der Waals surface area contributed by atoms with Gasteiger partial charge in [-0.15, -0.1) is 0 Å². The molecule has 2 atom stereocenters. The van der Waals surface area contributed by atoms with Gasteiger partial charge >= 0.3 is 0 Å². The average molecular weight is 531 g/mol. The highest BCUT2D eigenvalue weighted by Crippen LogP contribution is 2.85. The second kappa shape index (κ2) is 8.05. The van der Waals surface area contributed by atoms with Gasteiger partial charge in [0.15, 0.2) is 0 Å². The van der Waals surface area contributed by atoms with Crippen molar-refractivity contribution in [2.45, 2.75) is 27.2 Å². The number of hydrazone groups is 3. The molecule has 0 aromatic heterocycles. The van der Waals surface area contributed by atoms with E-state index in [1.807, 2.05) is 61.5 Å². The lowest BCUT2D eigenvalue weighted by atomic mass is 9.83. The van der Waals surface area contributed by atoms with Crippen LogP contribution in [0.3, 0.4) is 0 Å². The molecule has 198 valence electrons. The molecule has 3 aromatic carbocycles. The molecule has 0 saturated heterocycles. The fraction of sp³-hybridized carbons (Fsp3) is 0.226. The first-order chi connectivity index (χ1) is 19.4. The quantitative estimate of drug-likeness (QED) is 0.492. The van der Waals surface area contributed by atoms with Crippen LogP contribution in [0.15, 0.2) is 106 Å². The molecule has 3 spiro atoms. The van der Waals surface area contributed by atoms with E-state index in [0.29, 0.717) is 40.6 Å². The fourth-order valence-electron chi connectivity index (χ4n) is 7.30. The maximum atomic E-state index is 14.8. The van der Waals surface area contributed by atoms with Crippen molar-refractivity contribution in [3.05, 3.63) is 91.0 Å². The number of hydrogen-bond acceptors (Lipinski definition) is 6. The molecular weight excluding hydrogens is 504 g/mol. The van der Waals surface area contributed by atoms with Crippen LogP contribution in [0.5, 0.6) is 0 Å². The summed E-state index contributed by atoms with van der Waals surface area (Å²) in [5.41, 5.74) is -1.90. The van der Waals surface area contributed by atoms with Crippen LogP contribution in [0.4, 0.5) is 17.1 Å². The van der Waals surface area contributed by atoms with Crippen LogP contribution in [-0.2, 0) is 14.4 Å². The van der Waals surface area contributed by atoms with Crippen LogP contribution in [0.25, 0.3) is 0 Å². The number of nitrogens with zero attached hydrogens (tertiary/aromatic N) is 6. The van der Waals surface area contributed by atoms with Crippen LogP contribution >= 0.6 is 0 Å². The highest BCUT2D eigenvalue weighted by molar-refractivity contribution is 6.48. The Morgan fingerprint density at radius 1 is 0.525 bits per heavy atom. The fourth-order valence-corrected chi connectivity index (χ4v) is 7.30. The Bertz CT molecular complexity index is 1600. The minimum absolute atomic E-state index is 0.358. The van der Waals surface area contributed by atoms with Gasteiger partial charge in [-0.2, -0.15) is 30.3 Å². The zero-order valence-electron chi connectivity index (χ0n) is 22.3. The number of para-hydroxylation sites is 3. The second-order valence-electron chi connectivity index (χ2n) is 10.4. The number of amides is 3. The number of fused-ring (bicyclic) bond motifs is 3. The lowest BCUT2D eigenvalue weighted by Crippen LogP contribution is -2.40. The Morgan fingerprint density at radius 3 is 1.20 bits per heavy atom. The predicted molar refractivity (Wildman–Crippen MR) is 153 cm³/mol. The molecule has 3 amide bonds. The first-order valence-corrected chi connectivity index (χ1v) is 13.3. The number of anilines is 3. The van der Waals surface area contributed by atoms with Gasteiger partial charge in [-0.3, -0.25) is 14.4 Å². The molecule has 3 heterocycles. The van der Waals surface area contributed by atoms with Crippen molar-refractivity contribution in [1.82, 2.24) is 0 Å². The third-order valence-electron chi connectivity index (χ3n) is 8.74. The predicted octanol–water partition coefficient (Wildman–Crippen LogP) is 4.62. The van der Waals surface area contributed by atoms with Gasteiger partial charge in [-0.1, -0.05) is 61.5 Å². The zero-order chi connectivity index (χ0) is 27.9. The number of carbonyl (C=O) groups is 3. The summed E-state index contributed by atoms with van der Waals surface area (Å²) in [6, 6.07) is 27.2. The molecule has 0 unspecified atom stereocenters. The number of hydrogen-bond donors (Lipinski definition) is 0. The van der Waals surface area contributed by atoms with Crippen molar-refractivity contribution in [2.24, 2.45) is 31.5 Å². The molecule has 9 heteroatoms. The Hall–Kier alpha value is -4.92. The number of rotatable bonds is 4. The first-order valence-electron chi connectivity index (χ1n) is 13.3. The zero-order valence-corrected chi connectivity index (χ0v) is 22.3. The normalized spacial score (nSPS) is 28.7. The topological polar surface area (TPSA) is 98.0 Å². The molecule has 3 aromatic rings. The summed E-state index contributed by atoms with van der Waals surface area (Å²) < 4.78 is 0. The molecule has 1 aliphatic carbocycles.